The molecule has 2 aliphatic rings. The SMILES string of the molecule is CC(C)NC1CCC(COC(=O)N[C@H]2CCC[C@H]2C(C)C)C1C(C)C. The molecule has 2 rings (SSSR count). The van der Waals surface area contributed by atoms with Crippen LogP contribution < -0.4 is 10.6 Å². The average Bonchev–Trinajstić information content (AvgIpc) is 3.11. The van der Waals surface area contributed by atoms with Crippen LogP contribution in [0.4, 0.5) is 4.79 Å². The summed E-state index contributed by atoms with van der Waals surface area (Å²) in [5, 5.41) is 6.86. The van der Waals surface area contributed by atoms with Crippen LogP contribution in [0.5, 0.6) is 0 Å². The summed E-state index contributed by atoms with van der Waals surface area (Å²) in [7, 11) is 0. The molecule has 0 aromatic rings. The topological polar surface area (TPSA) is 50.4 Å². The molecule has 4 nitrogen and oxygen atoms in total. The van der Waals surface area contributed by atoms with E-state index in [4.69, 9.17) is 4.74 Å². The smallest absolute Gasteiger partial charge is 0.407 e. The fourth-order valence-electron chi connectivity index (χ4n) is 5.27. The van der Waals surface area contributed by atoms with E-state index in [1.165, 1.54) is 19.3 Å². The highest BCUT2D eigenvalue weighted by Gasteiger charge is 2.39. The van der Waals surface area contributed by atoms with Crippen molar-refractivity contribution < 1.29 is 9.53 Å². The van der Waals surface area contributed by atoms with Crippen molar-refractivity contribution in [2.75, 3.05) is 6.61 Å². The van der Waals surface area contributed by atoms with Crippen LogP contribution in [0, 0.1) is 29.6 Å². The molecule has 0 spiro atoms. The second-order valence-corrected chi connectivity index (χ2v) is 9.27. The molecule has 25 heavy (non-hydrogen) atoms. The molecule has 5 atom stereocenters. The van der Waals surface area contributed by atoms with E-state index in [2.05, 4.69) is 52.2 Å². The second kappa shape index (κ2) is 9.25. The van der Waals surface area contributed by atoms with Crippen molar-refractivity contribution >= 4 is 6.09 Å². The molecule has 2 saturated carbocycles. The van der Waals surface area contributed by atoms with Crippen LogP contribution in [0.3, 0.4) is 0 Å². The summed E-state index contributed by atoms with van der Waals surface area (Å²) in [4.78, 5) is 12.3. The van der Waals surface area contributed by atoms with Crippen molar-refractivity contribution in [3.8, 4) is 0 Å². The Morgan fingerprint density at radius 3 is 2.28 bits per heavy atom. The summed E-state index contributed by atoms with van der Waals surface area (Å²) in [5.41, 5.74) is 0. The Bertz CT molecular complexity index is 422. The van der Waals surface area contributed by atoms with Gasteiger partial charge < -0.3 is 15.4 Å². The molecule has 0 bridgehead atoms. The molecule has 0 saturated heterocycles. The minimum Gasteiger partial charge on any atom is -0.449 e. The first-order chi connectivity index (χ1) is 11.8. The summed E-state index contributed by atoms with van der Waals surface area (Å²) in [5.74, 6) is 2.89. The van der Waals surface area contributed by atoms with E-state index >= 15 is 0 Å². The van der Waals surface area contributed by atoms with Crippen LogP contribution in [-0.4, -0.2) is 30.8 Å². The molecule has 0 aromatic heterocycles. The highest BCUT2D eigenvalue weighted by atomic mass is 16.5. The highest BCUT2D eigenvalue weighted by Crippen LogP contribution is 2.38. The molecular weight excluding hydrogens is 312 g/mol. The molecule has 2 fully saturated rings. The van der Waals surface area contributed by atoms with E-state index < -0.39 is 0 Å². The molecule has 2 aliphatic carbocycles. The van der Waals surface area contributed by atoms with Crippen molar-refractivity contribution in [1.82, 2.24) is 10.6 Å². The Kier molecular flexibility index (Phi) is 7.60. The number of ether oxygens (including phenoxy) is 1. The monoisotopic (exact) mass is 352 g/mol. The molecule has 0 heterocycles. The maximum atomic E-state index is 12.3. The number of nitrogens with one attached hydrogen (secondary N) is 2. The minimum absolute atomic E-state index is 0.208. The number of hydrogen-bond donors (Lipinski definition) is 2. The first-order valence-electron chi connectivity index (χ1n) is 10.5. The van der Waals surface area contributed by atoms with E-state index in [0.717, 1.165) is 12.8 Å². The fourth-order valence-corrected chi connectivity index (χ4v) is 5.27. The van der Waals surface area contributed by atoms with Gasteiger partial charge in [-0.1, -0.05) is 48.0 Å². The van der Waals surface area contributed by atoms with Crippen molar-refractivity contribution in [3.05, 3.63) is 0 Å². The Labute approximate surface area is 154 Å². The minimum atomic E-state index is -0.208. The van der Waals surface area contributed by atoms with Gasteiger partial charge in [0, 0.05) is 18.1 Å². The summed E-state index contributed by atoms with van der Waals surface area (Å²) in [6, 6.07) is 1.36. The van der Waals surface area contributed by atoms with Crippen LogP contribution in [0.2, 0.25) is 0 Å². The van der Waals surface area contributed by atoms with Crippen LogP contribution in [0.15, 0.2) is 0 Å². The maximum Gasteiger partial charge on any atom is 0.407 e. The normalized spacial score (nSPS) is 32.8. The van der Waals surface area contributed by atoms with Crippen molar-refractivity contribution in [1.29, 1.82) is 0 Å². The lowest BCUT2D eigenvalue weighted by molar-refractivity contribution is 0.0979. The van der Waals surface area contributed by atoms with E-state index in [-0.39, 0.29) is 6.09 Å². The van der Waals surface area contributed by atoms with E-state index in [0.29, 0.717) is 54.3 Å². The van der Waals surface area contributed by atoms with Gasteiger partial charge in [-0.15, -0.1) is 0 Å². The third-order valence-electron chi connectivity index (χ3n) is 6.33. The Hall–Kier alpha value is -0.770. The van der Waals surface area contributed by atoms with Gasteiger partial charge in [0.05, 0.1) is 6.61 Å². The van der Waals surface area contributed by atoms with Crippen LogP contribution >= 0.6 is 0 Å². The lowest BCUT2D eigenvalue weighted by Crippen LogP contribution is -2.42. The van der Waals surface area contributed by atoms with Crippen molar-refractivity contribution in [2.24, 2.45) is 29.6 Å². The number of rotatable bonds is 7. The molecule has 146 valence electrons. The lowest BCUT2D eigenvalue weighted by atomic mass is 9.84. The number of carbonyl (C=O) groups excluding carboxylic acids is 1. The van der Waals surface area contributed by atoms with E-state index in [9.17, 15) is 4.79 Å². The summed E-state index contributed by atoms with van der Waals surface area (Å²) >= 11 is 0. The summed E-state index contributed by atoms with van der Waals surface area (Å²) in [6.45, 7) is 14.1. The maximum absolute atomic E-state index is 12.3. The first kappa shape index (κ1) is 20.5. The highest BCUT2D eigenvalue weighted by molar-refractivity contribution is 5.67. The van der Waals surface area contributed by atoms with Gasteiger partial charge in [-0.2, -0.15) is 0 Å². The molecule has 1 amide bonds. The molecule has 4 heteroatoms. The summed E-state index contributed by atoms with van der Waals surface area (Å²) in [6.07, 6.45) is 5.67. The summed E-state index contributed by atoms with van der Waals surface area (Å²) < 4.78 is 5.67. The number of amides is 1. The molecule has 0 aromatic carbocycles. The van der Waals surface area contributed by atoms with Gasteiger partial charge in [0.25, 0.3) is 0 Å². The standard InChI is InChI=1S/C21H40N2O2/c1-13(2)17-8-7-9-18(17)23-21(24)25-12-16-10-11-19(22-15(5)6)20(16)14(3)4/h13-20,22H,7-12H2,1-6H3,(H,23,24)/t16?,17-,18-,19?,20?/m0/s1. The van der Waals surface area contributed by atoms with Gasteiger partial charge >= 0.3 is 6.09 Å². The van der Waals surface area contributed by atoms with E-state index in [1.54, 1.807) is 0 Å². The predicted octanol–water partition coefficient (Wildman–Crippen LogP) is 4.59. The molecule has 3 unspecified atom stereocenters. The fraction of sp³-hybridized carbons (Fsp3) is 0.952. The van der Waals surface area contributed by atoms with Crippen molar-refractivity contribution in [3.63, 3.8) is 0 Å². The van der Waals surface area contributed by atoms with Gasteiger partial charge in [0.15, 0.2) is 0 Å². The number of alkyl carbamates (subject to hydrolysis) is 1. The third-order valence-corrected chi connectivity index (χ3v) is 6.33. The zero-order chi connectivity index (χ0) is 18.6. The molecule has 0 aliphatic heterocycles. The second-order valence-electron chi connectivity index (χ2n) is 9.27. The van der Waals surface area contributed by atoms with Crippen molar-refractivity contribution in [2.45, 2.75) is 91.8 Å². The molecule has 2 N–H and O–H groups in total. The predicted molar refractivity (Wildman–Crippen MR) is 104 cm³/mol. The molecular formula is C21H40N2O2. The van der Waals surface area contributed by atoms with Gasteiger partial charge in [-0.25, -0.2) is 4.79 Å². The molecule has 0 radical (unpaired) electrons. The van der Waals surface area contributed by atoms with Crippen LogP contribution in [0.25, 0.3) is 0 Å². The Morgan fingerprint density at radius 2 is 1.68 bits per heavy atom. The quantitative estimate of drug-likeness (QED) is 0.705. The number of carbonyl (C=O) groups is 1. The first-order valence-corrected chi connectivity index (χ1v) is 10.5. The van der Waals surface area contributed by atoms with Gasteiger partial charge in [0.2, 0.25) is 0 Å². The Morgan fingerprint density at radius 1 is 0.960 bits per heavy atom. The van der Waals surface area contributed by atoms with Gasteiger partial charge in [-0.05, 0) is 55.3 Å². The van der Waals surface area contributed by atoms with Crippen LogP contribution in [-0.2, 0) is 4.74 Å². The largest absolute Gasteiger partial charge is 0.449 e. The number of hydrogen-bond acceptors (Lipinski definition) is 3. The van der Waals surface area contributed by atoms with Gasteiger partial charge in [-0.3, -0.25) is 0 Å². The average molecular weight is 353 g/mol. The Balaban J connectivity index is 1.82. The third kappa shape index (κ3) is 5.60. The zero-order valence-electron chi connectivity index (χ0n) is 17.2. The zero-order valence-corrected chi connectivity index (χ0v) is 17.2. The van der Waals surface area contributed by atoms with Crippen LogP contribution in [0.1, 0.15) is 73.6 Å². The van der Waals surface area contributed by atoms with Gasteiger partial charge in [0.1, 0.15) is 0 Å². The van der Waals surface area contributed by atoms with E-state index in [1.807, 2.05) is 0 Å². The lowest BCUT2D eigenvalue weighted by Gasteiger charge is -2.30.